The van der Waals surface area contributed by atoms with Gasteiger partial charge in [-0.2, -0.15) is 5.10 Å². The average molecular weight is 439 g/mol. The lowest BCUT2D eigenvalue weighted by atomic mass is 9.92. The van der Waals surface area contributed by atoms with Gasteiger partial charge in [-0.1, -0.05) is 6.07 Å². The van der Waals surface area contributed by atoms with Crippen LogP contribution in [0.15, 0.2) is 61.2 Å². The van der Waals surface area contributed by atoms with E-state index in [9.17, 15) is 4.79 Å². The number of hydrogen-bond acceptors (Lipinski definition) is 5. The molecule has 3 aromatic heterocycles. The van der Waals surface area contributed by atoms with Crippen LogP contribution >= 0.6 is 0 Å². The number of carbonyl (C=O) groups is 1. The molecule has 1 amide bonds. The minimum atomic E-state index is -0.165. The van der Waals surface area contributed by atoms with E-state index in [-0.39, 0.29) is 5.91 Å². The lowest BCUT2D eigenvalue weighted by Gasteiger charge is -2.27. The number of aromatic nitrogens is 5. The second-order valence-corrected chi connectivity index (χ2v) is 8.60. The Balaban J connectivity index is 1.49. The van der Waals surface area contributed by atoms with Crippen molar-refractivity contribution in [1.82, 2.24) is 30.0 Å². The van der Waals surface area contributed by atoms with Crippen LogP contribution in [-0.2, 0) is 6.54 Å². The van der Waals surface area contributed by atoms with E-state index in [2.05, 4.69) is 36.1 Å². The van der Waals surface area contributed by atoms with Gasteiger partial charge in [-0.3, -0.25) is 24.4 Å². The summed E-state index contributed by atoms with van der Waals surface area (Å²) in [6.07, 6.45) is 10.6. The monoisotopic (exact) mass is 438 g/mol. The summed E-state index contributed by atoms with van der Waals surface area (Å²) < 4.78 is 2.09. The van der Waals surface area contributed by atoms with Crippen molar-refractivity contribution in [1.29, 1.82) is 0 Å². The molecule has 0 unspecified atom stereocenters. The van der Waals surface area contributed by atoms with Crippen molar-refractivity contribution in [2.75, 3.05) is 0 Å². The minimum absolute atomic E-state index is 0.165. The van der Waals surface area contributed by atoms with Gasteiger partial charge in [0.1, 0.15) is 0 Å². The van der Waals surface area contributed by atoms with Crippen molar-refractivity contribution < 1.29 is 4.79 Å². The van der Waals surface area contributed by atoms with Gasteiger partial charge in [-0.15, -0.1) is 0 Å². The first-order chi connectivity index (χ1) is 16.1. The van der Waals surface area contributed by atoms with Crippen LogP contribution in [0.3, 0.4) is 0 Å². The summed E-state index contributed by atoms with van der Waals surface area (Å²) in [6.45, 7) is 4.21. The molecule has 0 aliphatic heterocycles. The number of hydrogen-bond donors (Lipinski definition) is 1. The predicted octanol–water partition coefficient (Wildman–Crippen LogP) is 4.67. The zero-order valence-corrected chi connectivity index (χ0v) is 18.8. The van der Waals surface area contributed by atoms with E-state index in [1.807, 2.05) is 56.6 Å². The lowest BCUT2D eigenvalue weighted by Crippen LogP contribution is -2.23. The van der Waals surface area contributed by atoms with Crippen molar-refractivity contribution in [3.8, 4) is 22.5 Å². The third-order valence-electron chi connectivity index (χ3n) is 6.05. The van der Waals surface area contributed by atoms with Crippen LogP contribution in [0, 0.1) is 13.8 Å². The molecule has 0 atom stereocenters. The zero-order chi connectivity index (χ0) is 22.8. The molecule has 5 rings (SSSR count). The van der Waals surface area contributed by atoms with Gasteiger partial charge in [0, 0.05) is 35.3 Å². The Labute approximate surface area is 192 Å². The minimum Gasteiger partial charge on any atom is -0.346 e. The Morgan fingerprint density at radius 2 is 1.85 bits per heavy atom. The molecular weight excluding hydrogens is 412 g/mol. The first-order valence-corrected chi connectivity index (χ1v) is 11.2. The molecule has 0 radical (unpaired) electrons. The lowest BCUT2D eigenvalue weighted by molar-refractivity contribution is 0.0950. The fourth-order valence-corrected chi connectivity index (χ4v) is 3.94. The summed E-state index contributed by atoms with van der Waals surface area (Å²) in [7, 11) is 0. The second kappa shape index (κ2) is 8.94. The molecule has 1 fully saturated rings. The number of amides is 1. The molecule has 7 nitrogen and oxygen atoms in total. The molecule has 1 aliphatic carbocycles. The highest BCUT2D eigenvalue weighted by Gasteiger charge is 2.23. The standard InChI is InChI=1S/C26H26N6O/c1-17-6-7-24(29-13-17)19-10-20(25-8-9-31-32(25)23-4-3-5-23)12-21(11-19)26(33)30-16-22-15-27-18(2)14-28-22/h6-15,23H,3-5,16H2,1-2H3,(H,30,33). The van der Waals surface area contributed by atoms with Crippen LogP contribution in [0.5, 0.6) is 0 Å². The van der Waals surface area contributed by atoms with Crippen LogP contribution in [0.4, 0.5) is 0 Å². The molecule has 33 heavy (non-hydrogen) atoms. The maximum Gasteiger partial charge on any atom is 0.251 e. The summed E-state index contributed by atoms with van der Waals surface area (Å²) in [6, 6.07) is 12.4. The Morgan fingerprint density at radius 3 is 2.55 bits per heavy atom. The molecule has 3 heterocycles. The highest BCUT2D eigenvalue weighted by molar-refractivity contribution is 5.97. The van der Waals surface area contributed by atoms with E-state index >= 15 is 0 Å². The van der Waals surface area contributed by atoms with Crippen LogP contribution in [-0.4, -0.2) is 30.6 Å². The molecule has 1 aromatic carbocycles. The fourth-order valence-electron chi connectivity index (χ4n) is 3.94. The summed E-state index contributed by atoms with van der Waals surface area (Å²) in [5.74, 6) is -0.165. The van der Waals surface area contributed by atoms with Crippen molar-refractivity contribution in [2.24, 2.45) is 0 Å². The SMILES string of the molecule is Cc1ccc(-c2cc(C(=O)NCc3cnc(C)cn3)cc(-c3ccnn3C3CCC3)c2)nc1. The van der Waals surface area contributed by atoms with Crippen LogP contribution in [0.25, 0.3) is 22.5 Å². The molecule has 0 bridgehead atoms. The highest BCUT2D eigenvalue weighted by Crippen LogP contribution is 2.36. The largest absolute Gasteiger partial charge is 0.346 e. The van der Waals surface area contributed by atoms with Gasteiger partial charge in [0.05, 0.1) is 41.6 Å². The van der Waals surface area contributed by atoms with E-state index in [0.29, 0.717) is 23.8 Å². The normalized spacial score (nSPS) is 13.5. The quantitative estimate of drug-likeness (QED) is 0.473. The smallest absolute Gasteiger partial charge is 0.251 e. The van der Waals surface area contributed by atoms with Gasteiger partial charge in [0.25, 0.3) is 5.91 Å². The van der Waals surface area contributed by atoms with Gasteiger partial charge in [0.2, 0.25) is 0 Å². The summed E-state index contributed by atoms with van der Waals surface area (Å²) in [4.78, 5) is 26.3. The molecule has 0 saturated heterocycles. The molecule has 1 aliphatic rings. The van der Waals surface area contributed by atoms with Crippen molar-refractivity contribution >= 4 is 5.91 Å². The second-order valence-electron chi connectivity index (χ2n) is 8.60. The molecule has 7 heteroatoms. The summed E-state index contributed by atoms with van der Waals surface area (Å²) in [5.41, 5.74) is 6.93. The molecule has 1 saturated carbocycles. The maximum atomic E-state index is 13.1. The van der Waals surface area contributed by atoms with Gasteiger partial charge >= 0.3 is 0 Å². The third-order valence-corrected chi connectivity index (χ3v) is 6.05. The Kier molecular flexibility index (Phi) is 5.69. The number of aryl methyl sites for hydroxylation is 2. The topological polar surface area (TPSA) is 85.6 Å². The van der Waals surface area contributed by atoms with Gasteiger partial charge < -0.3 is 5.32 Å². The number of benzene rings is 1. The molecule has 4 aromatic rings. The third kappa shape index (κ3) is 4.53. The Hall–Kier alpha value is -3.87. The summed E-state index contributed by atoms with van der Waals surface area (Å²) in [5, 5.41) is 7.54. The fraction of sp³-hybridized carbons (Fsp3) is 0.269. The average Bonchev–Trinajstić information content (AvgIpc) is 3.26. The van der Waals surface area contributed by atoms with Crippen molar-refractivity contribution in [3.63, 3.8) is 0 Å². The van der Waals surface area contributed by atoms with Crippen molar-refractivity contribution in [2.45, 2.75) is 45.7 Å². The maximum absolute atomic E-state index is 13.1. The number of nitrogens with zero attached hydrogens (tertiary/aromatic N) is 5. The number of rotatable bonds is 6. The highest BCUT2D eigenvalue weighted by atomic mass is 16.1. The van der Waals surface area contributed by atoms with Crippen LogP contribution in [0.1, 0.15) is 52.6 Å². The zero-order valence-electron chi connectivity index (χ0n) is 18.8. The number of pyridine rings is 1. The van der Waals surface area contributed by atoms with E-state index in [1.165, 1.54) is 6.42 Å². The van der Waals surface area contributed by atoms with E-state index in [0.717, 1.165) is 46.6 Å². The first kappa shape index (κ1) is 21.0. The van der Waals surface area contributed by atoms with E-state index < -0.39 is 0 Å². The van der Waals surface area contributed by atoms with Gasteiger partial charge in [-0.05, 0) is 69.0 Å². The summed E-state index contributed by atoms with van der Waals surface area (Å²) >= 11 is 0. The Bertz CT molecular complexity index is 1270. The number of nitrogens with one attached hydrogen (secondary N) is 1. The molecule has 166 valence electrons. The Morgan fingerprint density at radius 1 is 1.00 bits per heavy atom. The van der Waals surface area contributed by atoms with Crippen molar-refractivity contribution in [3.05, 3.63) is 83.7 Å². The van der Waals surface area contributed by atoms with Crippen LogP contribution in [0.2, 0.25) is 0 Å². The van der Waals surface area contributed by atoms with E-state index in [1.54, 1.807) is 12.4 Å². The van der Waals surface area contributed by atoms with Gasteiger partial charge in [0.15, 0.2) is 0 Å². The number of carbonyl (C=O) groups excluding carboxylic acids is 1. The first-order valence-electron chi connectivity index (χ1n) is 11.2. The van der Waals surface area contributed by atoms with E-state index in [4.69, 9.17) is 0 Å². The molecule has 1 N–H and O–H groups in total. The molecule has 0 spiro atoms. The predicted molar refractivity (Wildman–Crippen MR) is 126 cm³/mol. The van der Waals surface area contributed by atoms with Gasteiger partial charge in [-0.25, -0.2) is 0 Å². The molecular formula is C26H26N6O. The van der Waals surface area contributed by atoms with Crippen LogP contribution < -0.4 is 5.32 Å².